The molecule has 13 atom stereocenters. The first-order valence-corrected chi connectivity index (χ1v) is 37.9. The van der Waals surface area contributed by atoms with E-state index in [1.165, 1.54) is 71.6 Å². The van der Waals surface area contributed by atoms with Gasteiger partial charge in [0.15, 0.2) is 0 Å². The molecule has 0 radical (unpaired) electrons. The summed E-state index contributed by atoms with van der Waals surface area (Å²) in [5.41, 5.74) is -1.63. The Kier molecular flexibility index (Phi) is 29.3. The molecular weight excluding hydrogens is 1370 g/mol. The van der Waals surface area contributed by atoms with E-state index in [0.29, 0.717) is 32.1 Å². The molecule has 7 aliphatic rings. The van der Waals surface area contributed by atoms with Crippen LogP contribution in [0, 0.1) is 41.4 Å². The van der Waals surface area contributed by atoms with Gasteiger partial charge in [-0.2, -0.15) is 26.3 Å². The number of nitrogens with one attached hydrogen (secondary N) is 3. The Morgan fingerprint density at radius 2 is 1.22 bits per heavy atom. The number of ether oxygens (including phenoxy) is 1. The molecule has 31 heteroatoms. The third kappa shape index (κ3) is 19.8. The molecular formula is C73H115F8N11O12. The monoisotopic (exact) mass is 1490 g/mol. The van der Waals surface area contributed by atoms with Gasteiger partial charge >= 0.3 is 12.4 Å². The summed E-state index contributed by atoms with van der Waals surface area (Å²) in [6.07, 6.45) is -14.6. The van der Waals surface area contributed by atoms with Crippen molar-refractivity contribution in [1.82, 2.24) is 55.1 Å². The van der Waals surface area contributed by atoms with E-state index >= 15 is 37.5 Å². The summed E-state index contributed by atoms with van der Waals surface area (Å²) in [5.74, 6) is -15.0. The molecule has 0 aromatic carbocycles. The van der Waals surface area contributed by atoms with Gasteiger partial charge < -0.3 is 59.9 Å². The molecule has 0 aromatic rings. The zero-order valence-electron chi connectivity index (χ0n) is 63.1. The van der Waals surface area contributed by atoms with Crippen LogP contribution in [0.2, 0.25) is 0 Å². The van der Waals surface area contributed by atoms with Crippen molar-refractivity contribution >= 4 is 65.0 Å². The van der Waals surface area contributed by atoms with E-state index in [2.05, 4.69) is 16.0 Å². The molecule has 104 heavy (non-hydrogen) atoms. The second kappa shape index (κ2) is 36.0. The van der Waals surface area contributed by atoms with Crippen molar-refractivity contribution in [3.8, 4) is 0 Å². The van der Waals surface area contributed by atoms with Crippen molar-refractivity contribution < 1.29 is 92.6 Å². The minimum atomic E-state index is -5.20. The molecule has 3 N–H and O–H groups in total. The van der Waals surface area contributed by atoms with E-state index in [9.17, 15) is 50.3 Å². The number of fused-ring (bicyclic) bond motifs is 2. The van der Waals surface area contributed by atoms with E-state index in [0.717, 1.165) is 22.6 Å². The number of nitrogens with zero attached hydrogens (tertiary/aromatic N) is 8. The predicted octanol–water partition coefficient (Wildman–Crippen LogP) is 7.51. The van der Waals surface area contributed by atoms with E-state index in [1.807, 2.05) is 20.8 Å². The van der Waals surface area contributed by atoms with Gasteiger partial charge in [-0.25, -0.2) is 8.78 Å². The van der Waals surface area contributed by atoms with Crippen LogP contribution in [0.15, 0.2) is 0 Å². The summed E-state index contributed by atoms with van der Waals surface area (Å²) >= 11 is 0. The van der Waals surface area contributed by atoms with Gasteiger partial charge in [0.05, 0.1) is 18.6 Å². The van der Waals surface area contributed by atoms with Crippen molar-refractivity contribution in [1.29, 1.82) is 0 Å². The van der Waals surface area contributed by atoms with Crippen molar-refractivity contribution in [3.05, 3.63) is 0 Å². The standard InChI is InChI=1S/C73H115F8N11O12/c1-14-42(6)60-68(101)87(11)44(8)64(97)91-32-29-53(91)67(100)90(15-2)56(37-45-23-26-48(27-24-45)72(76,77)78)66(99)85(9)40-57(93)82-52(28-25-46-35-50(74)59(51(75)36-46)73(79,80)81)65(98)92-39-49(104-16-3)38-55(92)63(96)84-71(30-19-20-31-71)70(103)89(13)61(47-21-17-18-22-47)69(102)86(10)43(7)34-58(94)88(12)54(33-41(4)5)62(95)83-60/h41-56,59-61H,14-40H2,1-13H3,(H,82,93)(H,83,95)(H,84,96)/t42-,43+,44-,45?,46?,48?,49+,50?,51?,52-,53-,54-,55-,56-,59?,60-,61-/m0/s1. The lowest BCUT2D eigenvalue weighted by atomic mass is 9.76. The lowest BCUT2D eigenvalue weighted by Crippen LogP contribution is -2.65. The van der Waals surface area contributed by atoms with Crippen LogP contribution in [0.3, 0.4) is 0 Å². The highest BCUT2D eigenvalue weighted by molar-refractivity contribution is 6.00. The zero-order valence-corrected chi connectivity index (χ0v) is 63.1. The van der Waals surface area contributed by atoms with Gasteiger partial charge in [-0.15, -0.1) is 0 Å². The van der Waals surface area contributed by atoms with Crippen LogP contribution in [0.4, 0.5) is 35.1 Å². The third-order valence-corrected chi connectivity index (χ3v) is 24.0. The summed E-state index contributed by atoms with van der Waals surface area (Å²) < 4.78 is 121. The summed E-state index contributed by atoms with van der Waals surface area (Å²) in [7, 11) is 7.11. The van der Waals surface area contributed by atoms with Gasteiger partial charge in [0.1, 0.15) is 72.1 Å². The lowest BCUT2D eigenvalue weighted by Gasteiger charge is -2.46. The Bertz CT molecular complexity index is 3030. The number of likely N-dealkylation sites (N-methyl/N-ethyl adjacent to an activating group) is 6. The molecule has 11 amide bonds. The number of hydrogen-bond donors (Lipinski definition) is 3. The number of hydrogen-bond acceptors (Lipinski definition) is 12. The Morgan fingerprint density at radius 1 is 0.606 bits per heavy atom. The Balaban J connectivity index is 1.29. The predicted molar refractivity (Wildman–Crippen MR) is 368 cm³/mol. The number of halogens is 8. The Labute approximate surface area is 607 Å². The van der Waals surface area contributed by atoms with Crippen LogP contribution >= 0.6 is 0 Å². The summed E-state index contributed by atoms with van der Waals surface area (Å²) in [6.45, 7) is 12.5. The number of alkyl halides is 8. The minimum Gasteiger partial charge on any atom is -0.377 e. The molecule has 590 valence electrons. The quantitative estimate of drug-likeness (QED) is 0.151. The number of carbonyl (C=O) groups is 11. The highest BCUT2D eigenvalue weighted by Gasteiger charge is 2.56. The first-order valence-electron chi connectivity index (χ1n) is 37.9. The zero-order chi connectivity index (χ0) is 77.4. The molecule has 3 saturated heterocycles. The van der Waals surface area contributed by atoms with E-state index in [1.54, 1.807) is 27.7 Å². The van der Waals surface area contributed by atoms with Crippen molar-refractivity contribution in [3.63, 3.8) is 0 Å². The van der Waals surface area contributed by atoms with Crippen LogP contribution in [-0.4, -0.2) is 263 Å². The first-order chi connectivity index (χ1) is 48.7. The van der Waals surface area contributed by atoms with Gasteiger partial charge in [0.25, 0.3) is 0 Å². The molecule has 4 saturated carbocycles. The molecule has 4 aliphatic carbocycles. The molecule has 7 rings (SSSR count). The Morgan fingerprint density at radius 3 is 1.76 bits per heavy atom. The molecule has 0 bridgehead atoms. The SMILES string of the molecule is CCO[C@@H]1C[C@H]2C(=O)NC3(CCCC3)C(=O)N(C)[C@@H](C3CCCC3)C(=O)N(C)[C@H](C)CC(=O)N(C)[C@@H](CC(C)C)C(=O)N[C@@H]([C@@H](C)CC)C(=O)N(C)[C@@H](C)C(=O)N3CC[C@H]3C(=O)N(CC)[C@@H](CC3CCC(C(F)(F)F)CC3)C(=O)N(C)CC(=O)N[C@@H](CCC3CC(F)C(C(F)(F)F)C(F)C3)C(=O)N2C1. The molecule has 23 nitrogen and oxygen atoms in total. The van der Waals surface area contributed by atoms with Crippen molar-refractivity contribution in [2.75, 3.05) is 68.0 Å². The maximum atomic E-state index is 15.5. The van der Waals surface area contributed by atoms with Crippen LogP contribution in [0.5, 0.6) is 0 Å². The largest absolute Gasteiger partial charge is 0.397 e. The van der Waals surface area contributed by atoms with Crippen molar-refractivity contribution in [2.45, 2.75) is 287 Å². The van der Waals surface area contributed by atoms with Crippen LogP contribution in [0.1, 0.15) is 197 Å². The van der Waals surface area contributed by atoms with E-state index < -0.39 is 211 Å². The summed E-state index contributed by atoms with van der Waals surface area (Å²) in [5, 5.41) is 8.56. The van der Waals surface area contributed by atoms with Gasteiger partial charge in [-0.05, 0) is 154 Å². The fourth-order valence-electron chi connectivity index (χ4n) is 17.1. The molecule has 7 fully saturated rings. The molecule has 3 heterocycles. The average Bonchev–Trinajstić information content (AvgIpc) is 1.49. The fraction of sp³-hybridized carbons (Fsp3) is 0.849. The van der Waals surface area contributed by atoms with Crippen molar-refractivity contribution in [2.24, 2.45) is 41.4 Å². The lowest BCUT2D eigenvalue weighted by molar-refractivity contribution is -0.219. The molecule has 3 aliphatic heterocycles. The highest BCUT2D eigenvalue weighted by Crippen LogP contribution is 2.46. The maximum Gasteiger partial charge on any atom is 0.397 e. The van der Waals surface area contributed by atoms with E-state index in [-0.39, 0.29) is 115 Å². The molecule has 1 spiro atoms. The average molecular weight is 1490 g/mol. The van der Waals surface area contributed by atoms with Gasteiger partial charge in [-0.1, -0.05) is 59.8 Å². The van der Waals surface area contributed by atoms with E-state index in [4.69, 9.17) is 4.74 Å². The van der Waals surface area contributed by atoms with Crippen LogP contribution in [-0.2, 0) is 57.5 Å². The van der Waals surface area contributed by atoms with Gasteiger partial charge in [-0.3, -0.25) is 52.7 Å². The Hall–Kier alpha value is -6.43. The summed E-state index contributed by atoms with van der Waals surface area (Å²) in [4.78, 5) is 175. The minimum absolute atomic E-state index is 0.0159. The fourth-order valence-corrected chi connectivity index (χ4v) is 17.1. The second-order valence-electron chi connectivity index (χ2n) is 31.5. The second-order valence-corrected chi connectivity index (χ2v) is 31.5. The first kappa shape index (κ1) is 84.8. The molecule has 2 unspecified atom stereocenters. The number of rotatable bonds is 13. The highest BCUT2D eigenvalue weighted by atomic mass is 19.4. The van der Waals surface area contributed by atoms with Crippen LogP contribution in [0.25, 0.3) is 0 Å². The number of amides is 11. The summed E-state index contributed by atoms with van der Waals surface area (Å²) in [6, 6.07) is -11.2. The third-order valence-electron chi connectivity index (χ3n) is 24.0. The van der Waals surface area contributed by atoms with Gasteiger partial charge in [0, 0.05) is 80.4 Å². The smallest absolute Gasteiger partial charge is 0.377 e. The normalized spacial score (nSPS) is 33.2. The van der Waals surface area contributed by atoms with Crippen LogP contribution < -0.4 is 16.0 Å². The molecule has 0 aromatic heterocycles. The maximum absolute atomic E-state index is 15.5. The van der Waals surface area contributed by atoms with Gasteiger partial charge in [0.2, 0.25) is 65.0 Å². The number of carbonyl (C=O) groups excluding carboxylic acids is 11. The topological polar surface area (TPSA) is 259 Å².